The maximum absolute atomic E-state index is 12.3. The van der Waals surface area contributed by atoms with Crippen LogP contribution in [0, 0.1) is 13.8 Å². The number of hydrogen-bond donors (Lipinski definition) is 3. The summed E-state index contributed by atoms with van der Waals surface area (Å²) in [6, 6.07) is 7.39. The van der Waals surface area contributed by atoms with Crippen LogP contribution < -0.4 is 16.6 Å². The van der Waals surface area contributed by atoms with Gasteiger partial charge in [0.05, 0.1) is 16.9 Å². The highest BCUT2D eigenvalue weighted by atomic mass is 79.9. The topological polar surface area (TPSA) is 80.0 Å². The molecular formula is C14H15BrN4O. The molecule has 2 aromatic rings. The quantitative estimate of drug-likeness (QED) is 0.595. The van der Waals surface area contributed by atoms with Crippen molar-refractivity contribution in [3.63, 3.8) is 0 Å². The summed E-state index contributed by atoms with van der Waals surface area (Å²) < 4.78 is 0.857. The van der Waals surface area contributed by atoms with Crippen LogP contribution >= 0.6 is 15.9 Å². The highest BCUT2D eigenvalue weighted by Crippen LogP contribution is 2.26. The molecule has 1 aromatic carbocycles. The average Bonchev–Trinajstić information content (AvgIpc) is 2.43. The van der Waals surface area contributed by atoms with Gasteiger partial charge in [-0.15, -0.1) is 0 Å². The van der Waals surface area contributed by atoms with Gasteiger partial charge >= 0.3 is 0 Å². The van der Waals surface area contributed by atoms with E-state index in [4.69, 9.17) is 5.84 Å². The molecule has 1 amide bonds. The fourth-order valence-corrected chi connectivity index (χ4v) is 2.16. The maximum Gasteiger partial charge on any atom is 0.259 e. The first-order chi connectivity index (χ1) is 9.52. The Morgan fingerprint density at radius 2 is 2.05 bits per heavy atom. The van der Waals surface area contributed by atoms with Crippen molar-refractivity contribution in [3.05, 3.63) is 51.8 Å². The van der Waals surface area contributed by atoms with E-state index in [9.17, 15) is 4.79 Å². The fraction of sp³-hybridized carbons (Fsp3) is 0.143. The number of aromatic nitrogens is 1. The van der Waals surface area contributed by atoms with Gasteiger partial charge in [-0.25, -0.2) is 0 Å². The van der Waals surface area contributed by atoms with Crippen LogP contribution in [0.4, 0.5) is 11.4 Å². The van der Waals surface area contributed by atoms with Gasteiger partial charge in [0.2, 0.25) is 0 Å². The molecular weight excluding hydrogens is 320 g/mol. The van der Waals surface area contributed by atoms with Gasteiger partial charge in [-0.05, 0) is 47.5 Å². The number of halogens is 1. The molecule has 0 fully saturated rings. The van der Waals surface area contributed by atoms with Crippen LogP contribution in [0.25, 0.3) is 0 Å². The van der Waals surface area contributed by atoms with Crippen LogP contribution in [-0.2, 0) is 0 Å². The number of nitrogens with two attached hydrogens (primary N) is 1. The summed E-state index contributed by atoms with van der Waals surface area (Å²) in [5.41, 5.74) is 5.99. The normalized spacial score (nSPS) is 10.2. The Hall–Kier alpha value is -1.92. The van der Waals surface area contributed by atoms with E-state index in [0.29, 0.717) is 16.9 Å². The lowest BCUT2D eigenvalue weighted by Gasteiger charge is -2.12. The fourth-order valence-electron chi connectivity index (χ4n) is 1.79. The first kappa shape index (κ1) is 14.5. The van der Waals surface area contributed by atoms with Gasteiger partial charge < -0.3 is 10.7 Å². The second-order valence-corrected chi connectivity index (χ2v) is 5.20. The van der Waals surface area contributed by atoms with Crippen LogP contribution in [0.3, 0.4) is 0 Å². The number of rotatable bonds is 3. The summed E-state index contributed by atoms with van der Waals surface area (Å²) in [5.74, 6) is 5.17. The minimum atomic E-state index is -0.267. The molecule has 104 valence electrons. The lowest BCUT2D eigenvalue weighted by atomic mass is 10.2. The average molecular weight is 335 g/mol. The van der Waals surface area contributed by atoms with E-state index < -0.39 is 0 Å². The largest absolute Gasteiger partial charge is 0.323 e. The number of hydrazine groups is 1. The summed E-state index contributed by atoms with van der Waals surface area (Å²) in [4.78, 5) is 16.4. The molecule has 0 aliphatic heterocycles. The number of pyridine rings is 1. The second kappa shape index (κ2) is 6.02. The molecule has 0 bridgehead atoms. The Bertz CT molecular complexity index is 658. The molecule has 20 heavy (non-hydrogen) atoms. The predicted octanol–water partition coefficient (Wildman–Crippen LogP) is 3.00. The molecule has 0 saturated heterocycles. The molecule has 0 unspecified atom stereocenters. The molecule has 0 radical (unpaired) electrons. The number of carbonyl (C=O) groups is 1. The van der Waals surface area contributed by atoms with Crippen LogP contribution in [0.15, 0.2) is 34.9 Å². The van der Waals surface area contributed by atoms with Gasteiger partial charge in [-0.3, -0.25) is 15.6 Å². The summed E-state index contributed by atoms with van der Waals surface area (Å²) in [5, 5.41) is 2.84. The van der Waals surface area contributed by atoms with E-state index in [0.717, 1.165) is 15.7 Å². The SMILES string of the molecule is Cc1cc(NN)c(C(=O)Nc2cccc(C)c2Br)cn1. The van der Waals surface area contributed by atoms with Crippen LogP contribution in [0.2, 0.25) is 0 Å². The summed E-state index contributed by atoms with van der Waals surface area (Å²) in [6.07, 6.45) is 1.50. The maximum atomic E-state index is 12.3. The molecule has 0 atom stereocenters. The number of amides is 1. The van der Waals surface area contributed by atoms with Crippen LogP contribution in [0.5, 0.6) is 0 Å². The second-order valence-electron chi connectivity index (χ2n) is 4.41. The molecule has 0 spiro atoms. The number of aryl methyl sites for hydroxylation is 2. The van der Waals surface area contributed by atoms with Crippen molar-refractivity contribution in [1.29, 1.82) is 0 Å². The molecule has 1 heterocycles. The van der Waals surface area contributed by atoms with Gasteiger partial charge in [0.15, 0.2) is 0 Å². The lowest BCUT2D eigenvalue weighted by molar-refractivity contribution is 0.102. The number of nitrogen functional groups attached to an aromatic ring is 1. The zero-order valence-electron chi connectivity index (χ0n) is 11.2. The molecule has 0 aliphatic rings. The third-order valence-corrected chi connectivity index (χ3v) is 3.93. The Labute approximate surface area is 125 Å². The van der Waals surface area contributed by atoms with Gasteiger partial charge in [0, 0.05) is 16.4 Å². The molecule has 2 rings (SSSR count). The van der Waals surface area contributed by atoms with Gasteiger partial charge in [0.25, 0.3) is 5.91 Å². The highest BCUT2D eigenvalue weighted by Gasteiger charge is 2.13. The van der Waals surface area contributed by atoms with Crippen LogP contribution in [-0.4, -0.2) is 10.9 Å². The Kier molecular flexibility index (Phi) is 4.36. The van der Waals surface area contributed by atoms with E-state index in [1.54, 1.807) is 6.07 Å². The van der Waals surface area contributed by atoms with E-state index in [-0.39, 0.29) is 5.91 Å². The molecule has 6 heteroatoms. The lowest BCUT2D eigenvalue weighted by Crippen LogP contribution is -2.18. The molecule has 0 aliphatic carbocycles. The first-order valence-corrected chi connectivity index (χ1v) is 6.82. The number of benzene rings is 1. The minimum absolute atomic E-state index is 0.267. The van der Waals surface area contributed by atoms with E-state index >= 15 is 0 Å². The van der Waals surface area contributed by atoms with Crippen LogP contribution in [0.1, 0.15) is 21.6 Å². The molecule has 1 aromatic heterocycles. The molecule has 5 nitrogen and oxygen atoms in total. The van der Waals surface area contributed by atoms with Crippen molar-refractivity contribution in [2.45, 2.75) is 13.8 Å². The molecule has 0 saturated carbocycles. The highest BCUT2D eigenvalue weighted by molar-refractivity contribution is 9.10. The summed E-state index contributed by atoms with van der Waals surface area (Å²) in [6.45, 7) is 3.79. The van der Waals surface area contributed by atoms with Crippen molar-refractivity contribution in [1.82, 2.24) is 4.98 Å². The third kappa shape index (κ3) is 2.97. The Balaban J connectivity index is 2.31. The minimum Gasteiger partial charge on any atom is -0.323 e. The Morgan fingerprint density at radius 1 is 1.30 bits per heavy atom. The van der Waals surface area contributed by atoms with E-state index in [1.807, 2.05) is 32.0 Å². The zero-order chi connectivity index (χ0) is 14.7. The van der Waals surface area contributed by atoms with E-state index in [2.05, 4.69) is 31.7 Å². The van der Waals surface area contributed by atoms with Gasteiger partial charge in [-0.2, -0.15) is 0 Å². The number of nitrogens with zero attached hydrogens (tertiary/aromatic N) is 1. The number of nitrogens with one attached hydrogen (secondary N) is 2. The van der Waals surface area contributed by atoms with Crippen molar-refractivity contribution in [2.24, 2.45) is 5.84 Å². The summed E-state index contributed by atoms with van der Waals surface area (Å²) in [7, 11) is 0. The van der Waals surface area contributed by atoms with Gasteiger partial charge in [0.1, 0.15) is 0 Å². The number of anilines is 2. The predicted molar refractivity (Wildman–Crippen MR) is 83.6 cm³/mol. The first-order valence-electron chi connectivity index (χ1n) is 6.02. The molecule has 4 N–H and O–H groups in total. The van der Waals surface area contributed by atoms with Crippen molar-refractivity contribution in [3.8, 4) is 0 Å². The summed E-state index contributed by atoms with van der Waals surface area (Å²) >= 11 is 3.46. The smallest absolute Gasteiger partial charge is 0.259 e. The third-order valence-electron chi connectivity index (χ3n) is 2.88. The van der Waals surface area contributed by atoms with Crippen molar-refractivity contribution < 1.29 is 4.79 Å². The standard InChI is InChI=1S/C14H15BrN4O/c1-8-4-3-5-11(13(8)15)18-14(20)10-7-17-9(2)6-12(10)19-16/h3-7H,16H2,1-2H3,(H,17,19)(H,18,20). The van der Waals surface area contributed by atoms with Crippen molar-refractivity contribution >= 4 is 33.2 Å². The monoisotopic (exact) mass is 334 g/mol. The number of carbonyl (C=O) groups excluding carboxylic acids is 1. The van der Waals surface area contributed by atoms with Gasteiger partial charge in [-0.1, -0.05) is 12.1 Å². The van der Waals surface area contributed by atoms with E-state index in [1.165, 1.54) is 6.20 Å². The Morgan fingerprint density at radius 3 is 2.75 bits per heavy atom. The zero-order valence-corrected chi connectivity index (χ0v) is 12.8. The van der Waals surface area contributed by atoms with Crippen molar-refractivity contribution in [2.75, 3.05) is 10.7 Å². The number of hydrogen-bond acceptors (Lipinski definition) is 4.